The molecule has 2 unspecified atom stereocenters. The molecule has 4 aromatic carbocycles. The average molecular weight is 716 g/mol. The Balaban J connectivity index is 1.27. The van der Waals surface area contributed by atoms with Gasteiger partial charge in [0.2, 0.25) is 0 Å². The molecule has 6 aromatic rings. The zero-order valence-corrected chi connectivity index (χ0v) is 29.7. The molecule has 0 spiro atoms. The molecular weight excluding hydrogens is 681 g/mol. The Kier molecular flexibility index (Phi) is 9.86. The summed E-state index contributed by atoms with van der Waals surface area (Å²) in [6.45, 7) is 7.27. The molecule has 0 fully saturated rings. The summed E-state index contributed by atoms with van der Waals surface area (Å²) < 4.78 is 72.3. The number of aromatic nitrogens is 3. The van der Waals surface area contributed by atoms with Crippen LogP contribution in [0.1, 0.15) is 49.9 Å². The highest BCUT2D eigenvalue weighted by molar-refractivity contribution is 7.99. The predicted molar refractivity (Wildman–Crippen MR) is 190 cm³/mol. The van der Waals surface area contributed by atoms with Gasteiger partial charge in [0.1, 0.15) is 5.75 Å². The third-order valence-corrected chi connectivity index (χ3v) is 11.2. The third-order valence-electron chi connectivity index (χ3n) is 8.64. The first-order chi connectivity index (χ1) is 23.9. The van der Waals surface area contributed by atoms with Crippen molar-refractivity contribution in [1.82, 2.24) is 13.8 Å². The van der Waals surface area contributed by atoms with Gasteiger partial charge in [-0.25, -0.2) is 25.9 Å². The van der Waals surface area contributed by atoms with Gasteiger partial charge in [-0.1, -0.05) is 56.7 Å². The maximum Gasteiger partial charge on any atom is 0.314 e. The van der Waals surface area contributed by atoms with Crippen LogP contribution in [-0.2, 0) is 14.8 Å². The van der Waals surface area contributed by atoms with E-state index in [4.69, 9.17) is 9.47 Å². The average Bonchev–Trinajstić information content (AvgIpc) is 3.78. The molecule has 0 aliphatic rings. The van der Waals surface area contributed by atoms with E-state index >= 15 is 8.78 Å². The Morgan fingerprint density at radius 3 is 2.42 bits per heavy atom. The molecule has 0 saturated heterocycles. The van der Waals surface area contributed by atoms with Crippen LogP contribution in [0.25, 0.3) is 16.6 Å². The molecule has 258 valence electrons. The van der Waals surface area contributed by atoms with Gasteiger partial charge in [-0.05, 0) is 62.1 Å². The summed E-state index contributed by atoms with van der Waals surface area (Å²) in [4.78, 5) is 12.8. The molecule has 2 heterocycles. The number of thioether (sulfide) groups is 1. The van der Waals surface area contributed by atoms with Crippen molar-refractivity contribution in [3.63, 3.8) is 0 Å². The van der Waals surface area contributed by atoms with Gasteiger partial charge in [-0.3, -0.25) is 4.79 Å². The first kappa shape index (κ1) is 34.9. The van der Waals surface area contributed by atoms with Crippen LogP contribution in [0.5, 0.6) is 17.2 Å². The van der Waals surface area contributed by atoms with Crippen molar-refractivity contribution in [3.05, 3.63) is 126 Å². The second-order valence-electron chi connectivity index (χ2n) is 12.0. The van der Waals surface area contributed by atoms with Crippen molar-refractivity contribution >= 4 is 38.7 Å². The van der Waals surface area contributed by atoms with Crippen molar-refractivity contribution in [1.29, 1.82) is 0 Å². The fourth-order valence-electron chi connectivity index (χ4n) is 5.50. The first-order valence-corrected chi connectivity index (χ1v) is 18.6. The second-order valence-corrected chi connectivity index (χ2v) is 14.6. The molecule has 0 amide bonds. The van der Waals surface area contributed by atoms with Gasteiger partial charge in [0.15, 0.2) is 23.1 Å². The zero-order valence-electron chi connectivity index (χ0n) is 28.1. The Labute approximate surface area is 293 Å². The zero-order chi connectivity index (χ0) is 35.7. The van der Waals surface area contributed by atoms with E-state index in [9.17, 15) is 13.2 Å². The van der Waals surface area contributed by atoms with Crippen molar-refractivity contribution < 1.29 is 31.5 Å². The topological polar surface area (TPSA) is 92.4 Å². The van der Waals surface area contributed by atoms with Crippen LogP contribution >= 0.6 is 11.8 Å². The summed E-state index contributed by atoms with van der Waals surface area (Å²) in [5.74, 6) is -2.48. The molecule has 0 N–H and O–H groups in total. The maximum atomic E-state index is 15.8. The van der Waals surface area contributed by atoms with Crippen LogP contribution < -0.4 is 9.47 Å². The van der Waals surface area contributed by atoms with E-state index in [0.29, 0.717) is 39.4 Å². The summed E-state index contributed by atoms with van der Waals surface area (Å²) in [6.07, 6.45) is 5.50. The number of hydrogen-bond donors (Lipinski definition) is 0. The van der Waals surface area contributed by atoms with E-state index in [1.807, 2.05) is 20.8 Å². The number of aryl methyl sites for hydroxylation is 1. The quantitative estimate of drug-likeness (QED) is 0.0750. The van der Waals surface area contributed by atoms with Crippen LogP contribution in [0.2, 0.25) is 0 Å². The number of carbonyl (C=O) groups excluding carboxylic acids is 1. The number of rotatable bonds is 11. The predicted octanol–water partition coefficient (Wildman–Crippen LogP) is 9.27. The maximum absolute atomic E-state index is 15.8. The second kappa shape index (κ2) is 14.1. The molecule has 2 aromatic heterocycles. The SMILES string of the molecule is CCC(C)C(=O)Oc1cccc(C(C)c2ccn(-c3cccc(Oc4c(F)cc5c(ccn5S(=O)(=O)c5ccc(C)cc5)c4SC)c3)n2)c1F. The Bertz CT molecular complexity index is 2320. The van der Waals surface area contributed by atoms with Crippen LogP contribution in [-0.4, -0.2) is 34.4 Å². The number of benzene rings is 4. The summed E-state index contributed by atoms with van der Waals surface area (Å²) in [7, 11) is -3.97. The third kappa shape index (κ3) is 6.65. The van der Waals surface area contributed by atoms with Gasteiger partial charge in [0.25, 0.3) is 10.0 Å². The first-order valence-electron chi connectivity index (χ1n) is 16.0. The van der Waals surface area contributed by atoms with E-state index in [-0.39, 0.29) is 27.8 Å². The molecular formula is C38H35F2N3O5S2. The number of nitrogens with zero attached hydrogens (tertiary/aromatic N) is 3. The molecule has 0 bridgehead atoms. The van der Waals surface area contributed by atoms with E-state index in [2.05, 4.69) is 5.10 Å². The number of esters is 1. The highest BCUT2D eigenvalue weighted by Gasteiger charge is 2.25. The molecule has 2 atom stereocenters. The van der Waals surface area contributed by atoms with Crippen LogP contribution in [0.3, 0.4) is 0 Å². The molecule has 0 aliphatic carbocycles. The van der Waals surface area contributed by atoms with Crippen molar-refractivity contribution in [2.45, 2.75) is 49.8 Å². The molecule has 0 aliphatic heterocycles. The molecule has 50 heavy (non-hydrogen) atoms. The Morgan fingerprint density at radius 1 is 0.960 bits per heavy atom. The van der Waals surface area contributed by atoms with Crippen LogP contribution in [0.15, 0.2) is 107 Å². The fourth-order valence-corrected chi connectivity index (χ4v) is 7.56. The van der Waals surface area contributed by atoms with E-state index in [0.717, 1.165) is 9.54 Å². The Morgan fingerprint density at radius 2 is 1.70 bits per heavy atom. The number of fused-ring (bicyclic) bond motifs is 1. The van der Waals surface area contributed by atoms with Crippen molar-refractivity contribution in [2.75, 3.05) is 6.26 Å². The van der Waals surface area contributed by atoms with Crippen molar-refractivity contribution in [2.24, 2.45) is 5.92 Å². The van der Waals surface area contributed by atoms with Gasteiger partial charge < -0.3 is 9.47 Å². The Hall–Kier alpha value is -4.94. The molecule has 0 radical (unpaired) electrons. The number of ether oxygens (including phenoxy) is 2. The van der Waals surface area contributed by atoms with Crippen molar-refractivity contribution in [3.8, 4) is 22.9 Å². The molecule has 12 heteroatoms. The molecule has 0 saturated carbocycles. The summed E-state index contributed by atoms with van der Waals surface area (Å²) >= 11 is 1.24. The highest BCUT2D eigenvalue weighted by atomic mass is 32.2. The van der Waals surface area contributed by atoms with Crippen LogP contribution in [0.4, 0.5) is 8.78 Å². The number of hydrogen-bond acceptors (Lipinski definition) is 7. The monoisotopic (exact) mass is 715 g/mol. The van der Waals surface area contributed by atoms with E-state index < -0.39 is 33.5 Å². The summed E-state index contributed by atoms with van der Waals surface area (Å²) in [5, 5.41) is 5.20. The lowest BCUT2D eigenvalue weighted by molar-refractivity contribution is -0.138. The van der Waals surface area contributed by atoms with Gasteiger partial charge in [-0.2, -0.15) is 5.10 Å². The molecule has 8 nitrogen and oxygen atoms in total. The number of carbonyl (C=O) groups is 1. The smallest absolute Gasteiger partial charge is 0.314 e. The number of halogens is 2. The van der Waals surface area contributed by atoms with Gasteiger partial charge in [-0.15, -0.1) is 11.8 Å². The van der Waals surface area contributed by atoms with Gasteiger partial charge in [0, 0.05) is 41.4 Å². The standard InChI is InChI=1S/C38H35F2N3O5S2/c1-6-24(3)38(44)48-34-12-8-11-29(35(34)40)25(4)32-18-19-42(41-32)26-9-7-10-27(21-26)47-36-31(39)22-33-30(37(36)49-5)17-20-43(33)50(45,46)28-15-13-23(2)14-16-28/h7-22,24-25H,6H2,1-5H3. The molecule has 6 rings (SSSR count). The lowest BCUT2D eigenvalue weighted by Crippen LogP contribution is -2.18. The van der Waals surface area contributed by atoms with Gasteiger partial charge in [0.05, 0.1) is 32.6 Å². The lowest BCUT2D eigenvalue weighted by atomic mass is 9.97. The highest BCUT2D eigenvalue weighted by Crippen LogP contribution is 2.41. The largest absolute Gasteiger partial charge is 0.453 e. The minimum absolute atomic E-state index is 0.0354. The summed E-state index contributed by atoms with van der Waals surface area (Å²) in [6, 6.07) is 22.7. The normalized spacial score (nSPS) is 12.9. The minimum Gasteiger partial charge on any atom is -0.453 e. The lowest BCUT2D eigenvalue weighted by Gasteiger charge is -2.15. The minimum atomic E-state index is -3.97. The summed E-state index contributed by atoms with van der Waals surface area (Å²) in [5.41, 5.74) is 2.64. The fraction of sp³-hybridized carbons (Fsp3) is 0.211. The van der Waals surface area contributed by atoms with Crippen LogP contribution in [0, 0.1) is 24.5 Å². The van der Waals surface area contributed by atoms with Gasteiger partial charge >= 0.3 is 5.97 Å². The van der Waals surface area contributed by atoms with E-state index in [1.165, 1.54) is 42.2 Å². The van der Waals surface area contributed by atoms with E-state index in [1.54, 1.807) is 84.7 Å².